The first-order valence-electron chi connectivity index (χ1n) is 9.68. The van der Waals surface area contributed by atoms with Crippen molar-refractivity contribution in [3.63, 3.8) is 0 Å². The van der Waals surface area contributed by atoms with Crippen LogP contribution >= 0.6 is 0 Å². The minimum absolute atomic E-state index is 0.206. The molecule has 1 aliphatic rings. The Labute approximate surface area is 165 Å². The molecule has 4 rings (SSSR count). The van der Waals surface area contributed by atoms with E-state index in [0.717, 1.165) is 44.0 Å². The molecule has 28 heavy (non-hydrogen) atoms. The smallest absolute Gasteiger partial charge is 0.165 e. The fourth-order valence-electron chi connectivity index (χ4n) is 3.64. The summed E-state index contributed by atoms with van der Waals surface area (Å²) in [4.78, 5) is 11.6. The predicted molar refractivity (Wildman–Crippen MR) is 109 cm³/mol. The lowest BCUT2D eigenvalue weighted by Crippen LogP contribution is -2.42. The van der Waals surface area contributed by atoms with Gasteiger partial charge in [0.15, 0.2) is 5.82 Å². The summed E-state index contributed by atoms with van der Waals surface area (Å²) in [5.74, 6) is 1.71. The normalized spacial score (nSPS) is 15.1. The van der Waals surface area contributed by atoms with E-state index < -0.39 is 0 Å². The van der Waals surface area contributed by atoms with E-state index in [4.69, 9.17) is 4.98 Å². The average molecular weight is 378 g/mol. The molecule has 7 heteroatoms. The molecule has 2 aromatic heterocycles. The van der Waals surface area contributed by atoms with Gasteiger partial charge in [0.25, 0.3) is 0 Å². The first-order chi connectivity index (χ1) is 13.6. The van der Waals surface area contributed by atoms with Gasteiger partial charge in [-0.25, -0.2) is 9.97 Å². The standard InChI is InChI=1S/C21H26N6O/c1-15-11-20(25-21(24-15)18-5-3-4-6-19(18)28)27-9-7-17(8-10-27)22-12-16-13-23-26(2)14-16/h3-6,11,13-14,17,22,28H,7-10,12H2,1-2H3. The molecule has 0 aliphatic carbocycles. The Bertz CT molecular complexity index is 946. The Morgan fingerprint density at radius 2 is 1.96 bits per heavy atom. The van der Waals surface area contributed by atoms with Crippen LogP contribution < -0.4 is 10.2 Å². The van der Waals surface area contributed by atoms with Crippen molar-refractivity contribution in [1.82, 2.24) is 25.1 Å². The lowest BCUT2D eigenvalue weighted by atomic mass is 10.0. The number of hydrogen-bond donors (Lipinski definition) is 2. The Morgan fingerprint density at radius 3 is 2.68 bits per heavy atom. The molecule has 0 amide bonds. The van der Waals surface area contributed by atoms with Crippen LogP contribution in [0.15, 0.2) is 42.7 Å². The maximum Gasteiger partial charge on any atom is 0.165 e. The number of piperidine rings is 1. The Balaban J connectivity index is 1.41. The van der Waals surface area contributed by atoms with Crippen LogP contribution in [-0.2, 0) is 13.6 Å². The largest absolute Gasteiger partial charge is 0.507 e. The summed E-state index contributed by atoms with van der Waals surface area (Å²) in [5.41, 5.74) is 2.78. The van der Waals surface area contributed by atoms with Crippen LogP contribution in [0.3, 0.4) is 0 Å². The number of nitrogens with zero attached hydrogens (tertiary/aromatic N) is 5. The maximum absolute atomic E-state index is 10.1. The lowest BCUT2D eigenvalue weighted by Gasteiger charge is -2.33. The van der Waals surface area contributed by atoms with Crippen molar-refractivity contribution >= 4 is 5.82 Å². The molecule has 0 bridgehead atoms. The zero-order valence-electron chi connectivity index (χ0n) is 16.3. The summed E-state index contributed by atoms with van der Waals surface area (Å²) in [5, 5.41) is 18.0. The lowest BCUT2D eigenvalue weighted by molar-refractivity contribution is 0.412. The van der Waals surface area contributed by atoms with Crippen LogP contribution in [0.1, 0.15) is 24.1 Å². The summed E-state index contributed by atoms with van der Waals surface area (Å²) in [6, 6.07) is 9.73. The maximum atomic E-state index is 10.1. The molecule has 0 unspecified atom stereocenters. The van der Waals surface area contributed by atoms with Crippen LogP contribution in [0.25, 0.3) is 11.4 Å². The molecule has 2 N–H and O–H groups in total. The number of para-hydroxylation sites is 1. The molecular formula is C21H26N6O. The Morgan fingerprint density at radius 1 is 1.18 bits per heavy atom. The number of hydrogen-bond acceptors (Lipinski definition) is 6. The molecule has 3 heterocycles. The molecule has 0 atom stereocenters. The topological polar surface area (TPSA) is 79.1 Å². The van der Waals surface area contributed by atoms with E-state index in [1.54, 1.807) is 12.1 Å². The summed E-state index contributed by atoms with van der Waals surface area (Å²) in [6.07, 6.45) is 6.09. The fraction of sp³-hybridized carbons (Fsp3) is 0.381. The minimum Gasteiger partial charge on any atom is -0.507 e. The molecule has 0 saturated carbocycles. The quantitative estimate of drug-likeness (QED) is 0.711. The molecule has 0 radical (unpaired) electrons. The number of phenols is 1. The third-order valence-corrected chi connectivity index (χ3v) is 5.16. The number of anilines is 1. The second-order valence-electron chi connectivity index (χ2n) is 7.37. The van der Waals surface area contributed by atoms with Gasteiger partial charge in [-0.05, 0) is 31.9 Å². The van der Waals surface area contributed by atoms with Crippen molar-refractivity contribution in [1.29, 1.82) is 0 Å². The number of nitrogens with one attached hydrogen (secondary N) is 1. The summed E-state index contributed by atoms with van der Waals surface area (Å²) < 4.78 is 1.83. The van der Waals surface area contributed by atoms with E-state index in [-0.39, 0.29) is 5.75 Å². The highest BCUT2D eigenvalue weighted by Crippen LogP contribution is 2.28. The summed E-state index contributed by atoms with van der Waals surface area (Å²) in [7, 11) is 1.94. The molecule has 146 valence electrons. The van der Waals surface area contributed by atoms with E-state index in [1.165, 1.54) is 5.56 Å². The number of phenolic OH excluding ortho intramolecular Hbond substituents is 1. The highest BCUT2D eigenvalue weighted by molar-refractivity contribution is 5.65. The average Bonchev–Trinajstić information content (AvgIpc) is 3.12. The van der Waals surface area contributed by atoms with Crippen molar-refractivity contribution < 1.29 is 5.11 Å². The van der Waals surface area contributed by atoms with Crippen molar-refractivity contribution in [3.05, 3.63) is 54.0 Å². The van der Waals surface area contributed by atoms with Crippen LogP contribution in [0.2, 0.25) is 0 Å². The summed E-state index contributed by atoms with van der Waals surface area (Å²) in [6.45, 7) is 4.71. The first-order valence-corrected chi connectivity index (χ1v) is 9.68. The summed E-state index contributed by atoms with van der Waals surface area (Å²) >= 11 is 0. The molecule has 3 aromatic rings. The second kappa shape index (κ2) is 7.98. The molecule has 1 aliphatic heterocycles. The van der Waals surface area contributed by atoms with Gasteiger partial charge in [0.1, 0.15) is 11.6 Å². The molecule has 0 spiro atoms. The van der Waals surface area contributed by atoms with Gasteiger partial charge in [-0.15, -0.1) is 0 Å². The van der Waals surface area contributed by atoms with E-state index in [2.05, 4.69) is 20.3 Å². The minimum atomic E-state index is 0.206. The van der Waals surface area contributed by atoms with Crippen LogP contribution in [0.4, 0.5) is 5.82 Å². The highest BCUT2D eigenvalue weighted by Gasteiger charge is 2.21. The third kappa shape index (κ3) is 4.14. The highest BCUT2D eigenvalue weighted by atomic mass is 16.3. The van der Waals surface area contributed by atoms with Gasteiger partial charge in [0, 0.05) is 56.2 Å². The van der Waals surface area contributed by atoms with Crippen LogP contribution in [0.5, 0.6) is 5.75 Å². The van der Waals surface area contributed by atoms with E-state index in [9.17, 15) is 5.11 Å². The van der Waals surface area contributed by atoms with Gasteiger partial charge >= 0.3 is 0 Å². The van der Waals surface area contributed by atoms with Crippen molar-refractivity contribution in [2.75, 3.05) is 18.0 Å². The molecule has 7 nitrogen and oxygen atoms in total. The SMILES string of the molecule is Cc1cc(N2CCC(NCc3cnn(C)c3)CC2)nc(-c2ccccc2O)n1. The van der Waals surface area contributed by atoms with Gasteiger partial charge in [0.2, 0.25) is 0 Å². The number of benzene rings is 1. The fourth-order valence-corrected chi connectivity index (χ4v) is 3.64. The molecule has 1 fully saturated rings. The van der Waals surface area contributed by atoms with Gasteiger partial charge in [-0.1, -0.05) is 12.1 Å². The van der Waals surface area contributed by atoms with Crippen LogP contribution in [-0.4, -0.2) is 44.0 Å². The first kappa shape index (κ1) is 18.4. The third-order valence-electron chi connectivity index (χ3n) is 5.16. The van der Waals surface area contributed by atoms with E-state index >= 15 is 0 Å². The van der Waals surface area contributed by atoms with Gasteiger partial charge in [-0.3, -0.25) is 4.68 Å². The Hall–Kier alpha value is -2.93. The van der Waals surface area contributed by atoms with E-state index in [0.29, 0.717) is 17.4 Å². The molecule has 1 saturated heterocycles. The van der Waals surface area contributed by atoms with E-state index in [1.807, 2.05) is 49.2 Å². The number of rotatable bonds is 5. The monoisotopic (exact) mass is 378 g/mol. The number of aryl methyl sites for hydroxylation is 2. The number of aromatic nitrogens is 4. The van der Waals surface area contributed by atoms with Crippen molar-refractivity contribution in [3.8, 4) is 17.1 Å². The zero-order valence-corrected chi connectivity index (χ0v) is 16.3. The van der Waals surface area contributed by atoms with Gasteiger partial charge in [0.05, 0.1) is 11.8 Å². The molecule has 1 aromatic carbocycles. The predicted octanol–water partition coefficient (Wildman–Crippen LogP) is 2.65. The van der Waals surface area contributed by atoms with Crippen molar-refractivity contribution in [2.24, 2.45) is 7.05 Å². The second-order valence-corrected chi connectivity index (χ2v) is 7.37. The van der Waals surface area contributed by atoms with Crippen molar-refractivity contribution in [2.45, 2.75) is 32.4 Å². The Kier molecular flexibility index (Phi) is 5.25. The van der Waals surface area contributed by atoms with Crippen LogP contribution in [0, 0.1) is 6.92 Å². The van der Waals surface area contributed by atoms with Gasteiger partial charge in [-0.2, -0.15) is 5.10 Å². The zero-order chi connectivity index (χ0) is 19.5. The number of aromatic hydroxyl groups is 1. The van der Waals surface area contributed by atoms with Gasteiger partial charge < -0.3 is 15.3 Å². The molecular weight excluding hydrogens is 352 g/mol.